The Balaban J connectivity index is 2.58. The predicted octanol–water partition coefficient (Wildman–Crippen LogP) is 6.52. The van der Waals surface area contributed by atoms with Crippen LogP contribution in [0.5, 0.6) is 0 Å². The molecule has 0 amide bonds. The van der Waals surface area contributed by atoms with Gasteiger partial charge in [-0.05, 0) is 30.0 Å². The van der Waals surface area contributed by atoms with Crippen molar-refractivity contribution in [1.82, 2.24) is 0 Å². The minimum Gasteiger partial charge on any atom is -0.207 e. The van der Waals surface area contributed by atoms with Crippen molar-refractivity contribution in [2.75, 3.05) is 0 Å². The molecule has 0 bridgehead atoms. The second-order valence-electron chi connectivity index (χ2n) is 5.44. The molecule has 1 rings (SSSR count). The van der Waals surface area contributed by atoms with Gasteiger partial charge in [-0.15, -0.1) is 0 Å². The number of hydrogen-bond donors (Lipinski definition) is 0. The molecule has 0 aliphatic rings. The summed E-state index contributed by atoms with van der Waals surface area (Å²) in [6.07, 6.45) is 9.69. The molecule has 0 spiro atoms. The molecule has 0 aromatic heterocycles. The lowest BCUT2D eigenvalue weighted by molar-refractivity contribution is 0.406. The van der Waals surface area contributed by atoms with Gasteiger partial charge in [-0.2, -0.15) is 0 Å². The fraction of sp³-hybridized carbons (Fsp3) is 0.647. The summed E-state index contributed by atoms with van der Waals surface area (Å²) in [7, 11) is 0. The van der Waals surface area contributed by atoms with Gasteiger partial charge in [0.15, 0.2) is 0 Å². The molecule has 1 unspecified atom stereocenters. The Hall–Kier alpha value is -0.370. The summed E-state index contributed by atoms with van der Waals surface area (Å²) >= 11 is 3.32. The summed E-state index contributed by atoms with van der Waals surface area (Å²) < 4.78 is 14.7. The minimum absolute atomic E-state index is 0.0636. The lowest BCUT2D eigenvalue weighted by atomic mass is 9.89. The fourth-order valence-corrected chi connectivity index (χ4v) is 2.86. The Kier molecular flexibility index (Phi) is 8.36. The zero-order valence-electron chi connectivity index (χ0n) is 12.2. The van der Waals surface area contributed by atoms with Crippen molar-refractivity contribution in [2.24, 2.45) is 5.92 Å². The molecule has 0 aliphatic heterocycles. The first-order valence-electron chi connectivity index (χ1n) is 7.61. The fourth-order valence-electron chi connectivity index (χ4n) is 2.52. The highest BCUT2D eigenvalue weighted by atomic mass is 79.9. The van der Waals surface area contributed by atoms with E-state index in [0.29, 0.717) is 5.92 Å². The molecule has 0 N–H and O–H groups in total. The summed E-state index contributed by atoms with van der Waals surface area (Å²) in [5.41, 5.74) is 0.876. The highest BCUT2D eigenvalue weighted by molar-refractivity contribution is 9.10. The molecule has 1 aromatic carbocycles. The molecule has 0 saturated carbocycles. The van der Waals surface area contributed by atoms with E-state index < -0.39 is 0 Å². The third-order valence-corrected chi connectivity index (χ3v) is 4.20. The Morgan fingerprint density at radius 2 is 1.74 bits per heavy atom. The smallest absolute Gasteiger partial charge is 0.127 e. The lowest BCUT2D eigenvalue weighted by Gasteiger charge is -2.17. The van der Waals surface area contributed by atoms with E-state index in [1.165, 1.54) is 44.9 Å². The van der Waals surface area contributed by atoms with Gasteiger partial charge in [-0.1, -0.05) is 80.8 Å². The predicted molar refractivity (Wildman–Crippen MR) is 85.0 cm³/mol. The molecule has 2 heteroatoms. The highest BCUT2D eigenvalue weighted by Crippen LogP contribution is 2.24. The van der Waals surface area contributed by atoms with E-state index in [9.17, 15) is 4.39 Å². The van der Waals surface area contributed by atoms with Crippen molar-refractivity contribution in [3.8, 4) is 0 Å². The summed E-state index contributed by atoms with van der Waals surface area (Å²) in [6, 6.07) is 5.46. The van der Waals surface area contributed by atoms with Gasteiger partial charge in [0.25, 0.3) is 0 Å². The second-order valence-corrected chi connectivity index (χ2v) is 6.36. The van der Waals surface area contributed by atoms with Crippen LogP contribution in [-0.2, 0) is 6.42 Å². The number of benzene rings is 1. The minimum atomic E-state index is -0.0636. The maximum atomic E-state index is 13.9. The van der Waals surface area contributed by atoms with Crippen LogP contribution >= 0.6 is 15.9 Å². The van der Waals surface area contributed by atoms with Gasteiger partial charge in [0.1, 0.15) is 5.82 Å². The van der Waals surface area contributed by atoms with Crippen LogP contribution in [0.1, 0.15) is 64.4 Å². The summed E-state index contributed by atoms with van der Waals surface area (Å²) in [5, 5.41) is 0. The maximum Gasteiger partial charge on any atom is 0.127 e. The van der Waals surface area contributed by atoms with E-state index in [4.69, 9.17) is 0 Å². The van der Waals surface area contributed by atoms with Gasteiger partial charge < -0.3 is 0 Å². The Morgan fingerprint density at radius 3 is 2.37 bits per heavy atom. The van der Waals surface area contributed by atoms with Gasteiger partial charge in [0, 0.05) is 4.47 Å². The van der Waals surface area contributed by atoms with E-state index >= 15 is 0 Å². The molecule has 108 valence electrons. The Labute approximate surface area is 125 Å². The van der Waals surface area contributed by atoms with Crippen molar-refractivity contribution in [1.29, 1.82) is 0 Å². The standard InChI is InChI=1S/C17H26BrF/c1-3-5-7-9-14(8-6-4-2)12-15-10-11-16(18)13-17(15)19/h10-11,13-14H,3-9,12H2,1-2H3. The van der Waals surface area contributed by atoms with Crippen LogP contribution in [0.2, 0.25) is 0 Å². The number of halogens is 2. The van der Waals surface area contributed by atoms with Crippen molar-refractivity contribution in [2.45, 2.75) is 65.2 Å². The van der Waals surface area contributed by atoms with Crippen LogP contribution in [-0.4, -0.2) is 0 Å². The van der Waals surface area contributed by atoms with E-state index in [2.05, 4.69) is 29.8 Å². The zero-order valence-corrected chi connectivity index (χ0v) is 13.8. The largest absolute Gasteiger partial charge is 0.207 e. The van der Waals surface area contributed by atoms with Gasteiger partial charge in [0.2, 0.25) is 0 Å². The van der Waals surface area contributed by atoms with Crippen molar-refractivity contribution >= 4 is 15.9 Å². The van der Waals surface area contributed by atoms with Gasteiger partial charge in [0.05, 0.1) is 0 Å². The summed E-state index contributed by atoms with van der Waals surface area (Å²) in [4.78, 5) is 0. The number of unbranched alkanes of at least 4 members (excludes halogenated alkanes) is 3. The third kappa shape index (κ3) is 6.56. The average Bonchev–Trinajstić information content (AvgIpc) is 2.39. The van der Waals surface area contributed by atoms with E-state index in [1.54, 1.807) is 6.07 Å². The molecule has 0 aliphatic carbocycles. The monoisotopic (exact) mass is 328 g/mol. The van der Waals surface area contributed by atoms with Gasteiger partial charge in [-0.25, -0.2) is 4.39 Å². The van der Waals surface area contributed by atoms with E-state index in [-0.39, 0.29) is 5.82 Å². The van der Waals surface area contributed by atoms with Crippen LogP contribution in [0.3, 0.4) is 0 Å². The molecule has 0 radical (unpaired) electrons. The average molecular weight is 329 g/mol. The van der Waals surface area contributed by atoms with Gasteiger partial charge >= 0.3 is 0 Å². The van der Waals surface area contributed by atoms with Crippen molar-refractivity contribution < 1.29 is 4.39 Å². The van der Waals surface area contributed by atoms with Crippen LogP contribution in [0.25, 0.3) is 0 Å². The number of rotatable bonds is 9. The topological polar surface area (TPSA) is 0 Å². The van der Waals surface area contributed by atoms with E-state index in [0.717, 1.165) is 16.5 Å². The molecule has 1 aromatic rings. The number of hydrogen-bond acceptors (Lipinski definition) is 0. The first-order chi connectivity index (χ1) is 9.17. The highest BCUT2D eigenvalue weighted by Gasteiger charge is 2.12. The van der Waals surface area contributed by atoms with Crippen LogP contribution in [0, 0.1) is 11.7 Å². The first-order valence-corrected chi connectivity index (χ1v) is 8.40. The first kappa shape index (κ1) is 16.7. The molecule has 1 atom stereocenters. The lowest BCUT2D eigenvalue weighted by Crippen LogP contribution is -2.06. The van der Waals surface area contributed by atoms with Crippen LogP contribution in [0.4, 0.5) is 4.39 Å². The molecule has 19 heavy (non-hydrogen) atoms. The Morgan fingerprint density at radius 1 is 1.05 bits per heavy atom. The van der Waals surface area contributed by atoms with Crippen molar-refractivity contribution in [3.63, 3.8) is 0 Å². The quantitative estimate of drug-likeness (QED) is 0.453. The van der Waals surface area contributed by atoms with Crippen LogP contribution < -0.4 is 0 Å². The van der Waals surface area contributed by atoms with Gasteiger partial charge in [-0.3, -0.25) is 0 Å². The summed E-state index contributed by atoms with van der Waals surface area (Å²) in [5.74, 6) is 0.577. The maximum absolute atomic E-state index is 13.9. The van der Waals surface area contributed by atoms with Crippen LogP contribution in [0.15, 0.2) is 22.7 Å². The van der Waals surface area contributed by atoms with Crippen molar-refractivity contribution in [3.05, 3.63) is 34.1 Å². The zero-order chi connectivity index (χ0) is 14.1. The summed E-state index contributed by atoms with van der Waals surface area (Å²) in [6.45, 7) is 4.46. The third-order valence-electron chi connectivity index (χ3n) is 3.71. The second kappa shape index (κ2) is 9.52. The van der Waals surface area contributed by atoms with E-state index in [1.807, 2.05) is 12.1 Å². The molecular weight excluding hydrogens is 303 g/mol. The molecule has 0 nitrogen and oxygen atoms in total. The normalized spacial score (nSPS) is 12.6. The SMILES string of the molecule is CCCCCC(CCCC)Cc1ccc(Br)cc1F. The molecule has 0 heterocycles. The Bertz CT molecular complexity index is 362. The molecule has 0 saturated heterocycles. The molecule has 0 fully saturated rings. The molecular formula is C17H26BrF.